The molecule has 1 heterocycles. The third kappa shape index (κ3) is 8.78. The third-order valence-electron chi connectivity index (χ3n) is 6.89. The summed E-state index contributed by atoms with van der Waals surface area (Å²) in [5.41, 5.74) is 2.45. The van der Waals surface area contributed by atoms with Crippen molar-refractivity contribution in [1.29, 1.82) is 0 Å². The average Bonchev–Trinajstić information content (AvgIpc) is 3.42. The highest BCUT2D eigenvalue weighted by atomic mass is 32.2. The second kappa shape index (κ2) is 14.2. The second-order valence-electron chi connectivity index (χ2n) is 10.8. The van der Waals surface area contributed by atoms with Gasteiger partial charge in [-0.3, -0.25) is 9.59 Å². The maximum atomic E-state index is 13.8. The standard InChI is InChI=1S/C33H36FN3O5S/c1-23(2)20-30(26-13-16-27(34)17-14-26)35-33(39)29-21-24(22-42-28-8-5-4-6-9-28)11-12-25(29)15-18-31(38)36-43(40,41)32-10-7-19-37(32)3/h4-14,16-17,19,21,23,30H,15,18,20,22H2,1-3H3,(H,35,39)(H,36,38). The highest BCUT2D eigenvalue weighted by molar-refractivity contribution is 7.90. The molecule has 1 atom stereocenters. The second-order valence-corrected chi connectivity index (χ2v) is 12.4. The summed E-state index contributed by atoms with van der Waals surface area (Å²) in [5.74, 6) is -0.479. The van der Waals surface area contributed by atoms with Gasteiger partial charge in [0.1, 0.15) is 18.2 Å². The van der Waals surface area contributed by atoms with Crippen molar-refractivity contribution in [1.82, 2.24) is 14.6 Å². The number of amides is 2. The molecule has 0 saturated carbocycles. The fraction of sp³-hybridized carbons (Fsp3) is 0.273. The number of nitrogens with one attached hydrogen (secondary N) is 2. The number of aromatic nitrogens is 1. The van der Waals surface area contributed by atoms with Crippen LogP contribution >= 0.6 is 0 Å². The largest absolute Gasteiger partial charge is 0.489 e. The van der Waals surface area contributed by atoms with Crippen molar-refractivity contribution in [3.63, 3.8) is 0 Å². The van der Waals surface area contributed by atoms with Crippen molar-refractivity contribution < 1.29 is 27.1 Å². The Bertz CT molecular complexity index is 1650. The van der Waals surface area contributed by atoms with Gasteiger partial charge in [0.25, 0.3) is 15.9 Å². The molecule has 4 rings (SSSR count). The number of hydrogen-bond acceptors (Lipinski definition) is 5. The van der Waals surface area contributed by atoms with Crippen LogP contribution in [0.2, 0.25) is 0 Å². The summed E-state index contributed by atoms with van der Waals surface area (Å²) in [6, 6.07) is 23.2. The minimum Gasteiger partial charge on any atom is -0.489 e. The lowest BCUT2D eigenvalue weighted by molar-refractivity contribution is -0.119. The first-order chi connectivity index (χ1) is 20.5. The van der Waals surface area contributed by atoms with Crippen LogP contribution in [0.3, 0.4) is 0 Å². The zero-order chi connectivity index (χ0) is 31.0. The van der Waals surface area contributed by atoms with Crippen LogP contribution in [0.1, 0.15) is 59.8 Å². The van der Waals surface area contributed by atoms with E-state index < -0.39 is 15.9 Å². The van der Waals surface area contributed by atoms with Crippen molar-refractivity contribution >= 4 is 21.8 Å². The van der Waals surface area contributed by atoms with E-state index in [9.17, 15) is 22.4 Å². The lowest BCUT2D eigenvalue weighted by atomic mass is 9.95. The van der Waals surface area contributed by atoms with Crippen molar-refractivity contribution in [2.24, 2.45) is 13.0 Å². The van der Waals surface area contributed by atoms with E-state index >= 15 is 0 Å². The normalized spacial score (nSPS) is 12.1. The van der Waals surface area contributed by atoms with Gasteiger partial charge in [0.2, 0.25) is 5.91 Å². The van der Waals surface area contributed by atoms with E-state index in [4.69, 9.17) is 4.74 Å². The molecule has 0 aliphatic heterocycles. The van der Waals surface area contributed by atoms with Crippen LogP contribution in [0, 0.1) is 11.7 Å². The Morgan fingerprint density at radius 1 is 0.953 bits per heavy atom. The first kappa shape index (κ1) is 31.5. The van der Waals surface area contributed by atoms with Crippen LogP contribution in [0.25, 0.3) is 0 Å². The molecule has 43 heavy (non-hydrogen) atoms. The molecule has 0 spiro atoms. The fourth-order valence-electron chi connectivity index (χ4n) is 4.73. The summed E-state index contributed by atoms with van der Waals surface area (Å²) in [7, 11) is -2.46. The Labute approximate surface area is 251 Å². The maximum absolute atomic E-state index is 13.8. The van der Waals surface area contributed by atoms with Crippen molar-refractivity contribution in [2.45, 2.75) is 50.8 Å². The van der Waals surface area contributed by atoms with E-state index in [1.807, 2.05) is 50.2 Å². The van der Waals surface area contributed by atoms with Gasteiger partial charge in [-0.1, -0.05) is 56.3 Å². The van der Waals surface area contributed by atoms with Gasteiger partial charge in [0, 0.05) is 25.2 Å². The number of benzene rings is 3. The van der Waals surface area contributed by atoms with Gasteiger partial charge in [0.05, 0.1) is 6.04 Å². The number of hydrogen-bond donors (Lipinski definition) is 2. The summed E-state index contributed by atoms with van der Waals surface area (Å²) in [6.07, 6.45) is 2.17. The predicted molar refractivity (Wildman–Crippen MR) is 162 cm³/mol. The van der Waals surface area contributed by atoms with Gasteiger partial charge in [-0.05, 0) is 77.9 Å². The molecule has 8 nitrogen and oxygen atoms in total. The van der Waals surface area contributed by atoms with Gasteiger partial charge in [-0.15, -0.1) is 0 Å². The Balaban J connectivity index is 1.55. The molecule has 0 bridgehead atoms. The topological polar surface area (TPSA) is 106 Å². The Hall–Kier alpha value is -4.44. The van der Waals surface area contributed by atoms with E-state index in [2.05, 4.69) is 10.0 Å². The summed E-state index contributed by atoms with van der Waals surface area (Å²) < 4.78 is 48.3. The van der Waals surface area contributed by atoms with E-state index in [0.29, 0.717) is 23.3 Å². The van der Waals surface area contributed by atoms with Crippen LogP contribution in [-0.4, -0.2) is 24.8 Å². The first-order valence-electron chi connectivity index (χ1n) is 14.0. The smallest absolute Gasteiger partial charge is 0.279 e. The minimum absolute atomic E-state index is 0.0272. The molecule has 2 N–H and O–H groups in total. The van der Waals surface area contributed by atoms with E-state index in [1.54, 1.807) is 43.6 Å². The quantitative estimate of drug-likeness (QED) is 0.203. The number of aryl methyl sites for hydroxylation is 2. The molecule has 0 saturated heterocycles. The highest BCUT2D eigenvalue weighted by Crippen LogP contribution is 2.24. The van der Waals surface area contributed by atoms with Crippen LogP contribution in [0.4, 0.5) is 4.39 Å². The van der Waals surface area contributed by atoms with E-state index in [0.717, 1.165) is 11.1 Å². The van der Waals surface area contributed by atoms with Gasteiger partial charge in [-0.25, -0.2) is 9.11 Å². The van der Waals surface area contributed by atoms with Gasteiger partial charge in [-0.2, -0.15) is 8.42 Å². The molecule has 2 amide bonds. The summed E-state index contributed by atoms with van der Waals surface area (Å²) in [4.78, 5) is 26.5. The SMILES string of the molecule is CC(C)CC(NC(=O)c1cc(COc2ccccc2)ccc1CCC(=O)NS(=O)(=O)c1cccn1C)c1ccc(F)cc1. The molecule has 1 aromatic heterocycles. The zero-order valence-electron chi connectivity index (χ0n) is 24.4. The molecule has 3 aromatic carbocycles. The monoisotopic (exact) mass is 605 g/mol. The molecule has 0 fully saturated rings. The number of carbonyl (C=O) groups is 2. The van der Waals surface area contributed by atoms with Crippen molar-refractivity contribution in [3.8, 4) is 5.75 Å². The number of rotatable bonds is 13. The zero-order valence-corrected chi connectivity index (χ0v) is 25.2. The molecule has 0 aliphatic rings. The average molecular weight is 606 g/mol. The summed E-state index contributed by atoms with van der Waals surface area (Å²) >= 11 is 0. The third-order valence-corrected chi connectivity index (χ3v) is 8.36. The fourth-order valence-corrected chi connectivity index (χ4v) is 5.94. The van der Waals surface area contributed by atoms with Crippen molar-refractivity contribution in [3.05, 3.63) is 119 Å². The van der Waals surface area contributed by atoms with Gasteiger partial charge < -0.3 is 14.6 Å². The molecule has 10 heteroatoms. The van der Waals surface area contributed by atoms with Crippen molar-refractivity contribution in [2.75, 3.05) is 0 Å². The predicted octanol–water partition coefficient (Wildman–Crippen LogP) is 5.70. The van der Waals surface area contributed by atoms with Gasteiger partial charge in [0.15, 0.2) is 5.03 Å². The number of halogens is 1. The molecule has 0 aliphatic carbocycles. The summed E-state index contributed by atoms with van der Waals surface area (Å²) in [6.45, 7) is 4.29. The van der Waals surface area contributed by atoms with Gasteiger partial charge >= 0.3 is 0 Å². The molecule has 0 radical (unpaired) electrons. The van der Waals surface area contributed by atoms with Crippen LogP contribution in [-0.2, 0) is 34.9 Å². The Morgan fingerprint density at radius 3 is 2.33 bits per heavy atom. The molecule has 1 unspecified atom stereocenters. The summed E-state index contributed by atoms with van der Waals surface area (Å²) in [5, 5.41) is 3.06. The number of carbonyl (C=O) groups excluding carboxylic acids is 2. The molecular weight excluding hydrogens is 569 g/mol. The number of para-hydroxylation sites is 1. The lowest BCUT2D eigenvalue weighted by Gasteiger charge is -2.22. The number of ether oxygens (including phenoxy) is 1. The minimum atomic E-state index is -4.04. The maximum Gasteiger partial charge on any atom is 0.279 e. The first-order valence-corrected chi connectivity index (χ1v) is 15.5. The van der Waals surface area contributed by atoms with E-state index in [-0.39, 0.29) is 48.2 Å². The van der Waals surface area contributed by atoms with Crippen LogP contribution < -0.4 is 14.8 Å². The highest BCUT2D eigenvalue weighted by Gasteiger charge is 2.23. The molecule has 226 valence electrons. The van der Waals surface area contributed by atoms with E-state index in [1.165, 1.54) is 22.8 Å². The van der Waals surface area contributed by atoms with Crippen LogP contribution in [0.15, 0.2) is 96.2 Å². The molecule has 4 aromatic rings. The Morgan fingerprint density at radius 2 is 1.67 bits per heavy atom. The lowest BCUT2D eigenvalue weighted by Crippen LogP contribution is -2.32. The Kier molecular flexibility index (Phi) is 10.4. The molecular formula is C33H36FN3O5S. The number of sulfonamides is 1. The number of nitrogens with zero attached hydrogens (tertiary/aromatic N) is 1. The van der Waals surface area contributed by atoms with Crippen LogP contribution in [0.5, 0.6) is 5.75 Å².